The number of primary amides is 1. The molecule has 5 aromatic carbocycles. The van der Waals surface area contributed by atoms with E-state index in [1.54, 1.807) is 74.7 Å². The third-order valence-electron chi connectivity index (χ3n) is 9.41. The van der Waals surface area contributed by atoms with Crippen molar-refractivity contribution in [3.8, 4) is 22.6 Å². The summed E-state index contributed by atoms with van der Waals surface area (Å²) in [4.78, 5) is 31.5. The van der Waals surface area contributed by atoms with Gasteiger partial charge in [0, 0.05) is 47.9 Å². The molecule has 0 aliphatic carbocycles. The number of phenols is 1. The molecule has 7 rings (SSSR count). The van der Waals surface area contributed by atoms with Gasteiger partial charge in [0.2, 0.25) is 15.4 Å². The molecule has 55 heavy (non-hydrogen) atoms. The van der Waals surface area contributed by atoms with Crippen LogP contribution in [0.2, 0.25) is 0 Å². The number of nitrogens with zero attached hydrogens (tertiary/aromatic N) is 1. The Kier molecular flexibility index (Phi) is 10.1. The van der Waals surface area contributed by atoms with Gasteiger partial charge >= 0.3 is 0 Å². The number of benzene rings is 5. The number of methoxy groups -OCH3 is 1. The number of carbonyl (C=O) groups is 1. The molecule has 0 saturated heterocycles. The molecule has 0 aliphatic heterocycles. The van der Waals surface area contributed by atoms with E-state index in [1.807, 2.05) is 30.3 Å². The zero-order chi connectivity index (χ0) is 38.9. The summed E-state index contributed by atoms with van der Waals surface area (Å²) in [6, 6.07) is 30.5. The highest BCUT2D eigenvalue weighted by Crippen LogP contribution is 2.36. The largest absolute Gasteiger partial charge is 0.506 e. The highest BCUT2D eigenvalue weighted by atomic mass is 32.2. The first-order chi connectivity index (χ1) is 26.4. The van der Waals surface area contributed by atoms with E-state index in [0.29, 0.717) is 56.6 Å². The van der Waals surface area contributed by atoms with Gasteiger partial charge in [-0.3, -0.25) is 14.6 Å². The number of aromatic hydroxyl groups is 1. The van der Waals surface area contributed by atoms with E-state index in [4.69, 9.17) is 10.5 Å². The molecule has 1 amide bonds. The van der Waals surface area contributed by atoms with Crippen LogP contribution in [0.25, 0.3) is 32.9 Å². The summed E-state index contributed by atoms with van der Waals surface area (Å²) in [6.45, 7) is 2.42. The second-order valence-electron chi connectivity index (χ2n) is 13.1. The zero-order valence-electron chi connectivity index (χ0n) is 29.8. The van der Waals surface area contributed by atoms with Gasteiger partial charge in [-0.25, -0.2) is 8.42 Å². The topological polar surface area (TPSA) is 197 Å². The average molecular weight is 756 g/mol. The lowest BCUT2D eigenvalue weighted by molar-refractivity contribution is 0.100. The minimum absolute atomic E-state index is 0.0314. The number of anilines is 2. The Bertz CT molecular complexity index is 2770. The van der Waals surface area contributed by atoms with Crippen molar-refractivity contribution in [2.24, 2.45) is 5.73 Å². The summed E-state index contributed by atoms with van der Waals surface area (Å²) in [5.74, 6) is -0.208. The number of phenolic OH excluding ortho intramolecular Hbond substituents is 1. The number of H-pyrrole nitrogens is 1. The van der Waals surface area contributed by atoms with Gasteiger partial charge in [-0.2, -0.15) is 0 Å². The van der Waals surface area contributed by atoms with Gasteiger partial charge in [0.1, 0.15) is 11.5 Å². The number of aliphatic hydroxyl groups is 1. The first kappa shape index (κ1) is 36.8. The molecule has 0 fully saturated rings. The zero-order valence-corrected chi connectivity index (χ0v) is 30.6. The van der Waals surface area contributed by atoms with E-state index in [0.717, 1.165) is 11.1 Å². The number of amides is 1. The number of aromatic amines is 1. The summed E-state index contributed by atoms with van der Waals surface area (Å²) in [6.07, 6.45) is 0.480. The van der Waals surface area contributed by atoms with Gasteiger partial charge in [-0.05, 0) is 83.3 Å². The fourth-order valence-electron chi connectivity index (χ4n) is 6.58. The Morgan fingerprint density at radius 3 is 2.45 bits per heavy atom. The number of aliphatic hydroxyl groups excluding tert-OH is 1. The summed E-state index contributed by atoms with van der Waals surface area (Å²) in [7, 11) is -2.50. The SMILES string of the molecule is COc1cccc(Nc2c(C(N)=O)cnc3c(C)cc(S(=O)(=O)c4cccc(-c5ccc(CNCC(O)c6ccc(O)c7[nH]c(=O)ccc67)cc5)c4)cc23)c1. The normalized spacial score (nSPS) is 12.1. The summed E-state index contributed by atoms with van der Waals surface area (Å²) in [5, 5.41) is 28.5. The maximum Gasteiger partial charge on any atom is 0.252 e. The number of hydrogen-bond donors (Lipinski definition) is 6. The van der Waals surface area contributed by atoms with Gasteiger partial charge in [0.25, 0.3) is 5.91 Å². The number of aryl methyl sites for hydroxylation is 1. The van der Waals surface area contributed by atoms with E-state index < -0.39 is 21.8 Å². The molecule has 12 nitrogen and oxygen atoms in total. The molecule has 0 aliphatic rings. The van der Waals surface area contributed by atoms with Crippen LogP contribution in [0.1, 0.15) is 33.2 Å². The molecule has 1 unspecified atom stereocenters. The Labute approximate surface area is 316 Å². The van der Waals surface area contributed by atoms with Crippen LogP contribution in [0.5, 0.6) is 11.5 Å². The molecule has 0 bridgehead atoms. The van der Waals surface area contributed by atoms with Crippen LogP contribution in [0.15, 0.2) is 130 Å². The predicted molar refractivity (Wildman–Crippen MR) is 212 cm³/mol. The van der Waals surface area contributed by atoms with E-state index in [-0.39, 0.29) is 38.7 Å². The quantitative estimate of drug-likeness (QED) is 0.0828. The van der Waals surface area contributed by atoms with Crippen molar-refractivity contribution >= 4 is 48.9 Å². The van der Waals surface area contributed by atoms with Gasteiger partial charge in [-0.15, -0.1) is 0 Å². The van der Waals surface area contributed by atoms with E-state index in [2.05, 4.69) is 20.6 Å². The minimum Gasteiger partial charge on any atom is -0.506 e. The third kappa shape index (κ3) is 7.49. The van der Waals surface area contributed by atoms with Gasteiger partial charge in [-0.1, -0.05) is 48.5 Å². The molecule has 0 saturated carbocycles. The molecule has 2 heterocycles. The predicted octanol–water partition coefficient (Wildman–Crippen LogP) is 6.26. The lowest BCUT2D eigenvalue weighted by Gasteiger charge is -2.16. The number of hydrogen-bond acceptors (Lipinski definition) is 10. The first-order valence-electron chi connectivity index (χ1n) is 17.3. The number of nitrogens with one attached hydrogen (secondary N) is 3. The average Bonchev–Trinajstić information content (AvgIpc) is 3.18. The van der Waals surface area contributed by atoms with Crippen LogP contribution in [-0.2, 0) is 16.4 Å². The fourth-order valence-corrected chi connectivity index (χ4v) is 7.99. The summed E-state index contributed by atoms with van der Waals surface area (Å²) in [5.41, 5.74) is 10.8. The molecule has 278 valence electrons. The third-order valence-corrected chi connectivity index (χ3v) is 11.1. The second-order valence-corrected chi connectivity index (χ2v) is 15.0. The number of ether oxygens (including phenoxy) is 1. The molecule has 7 N–H and O–H groups in total. The standard InChI is InChI=1S/C42H37N5O7S/c1-24-17-31(20-34-39(24)45-22-35(42(43)51)40(34)46-28-6-4-7-29(19-28)54-2)55(52,53)30-8-3-5-27(18-30)26-11-9-25(10-12-26)21-44-23-37(49)32-13-15-36(48)41-33(32)14-16-38(50)47-41/h3-20,22,37,44,48-49H,21,23H2,1-2H3,(H2,43,51)(H,45,46)(H,47,50). The second kappa shape index (κ2) is 15.1. The number of nitrogens with two attached hydrogens (primary N) is 1. The Hall–Kier alpha value is -6.54. The van der Waals surface area contributed by atoms with Gasteiger partial charge < -0.3 is 36.3 Å². The van der Waals surface area contributed by atoms with Crippen molar-refractivity contribution in [2.45, 2.75) is 29.4 Å². The maximum absolute atomic E-state index is 14.2. The molecule has 2 aromatic heterocycles. The summed E-state index contributed by atoms with van der Waals surface area (Å²) < 4.78 is 33.8. The molecule has 7 aromatic rings. The van der Waals surface area contributed by atoms with Crippen molar-refractivity contribution in [3.63, 3.8) is 0 Å². The van der Waals surface area contributed by atoms with Crippen LogP contribution in [0.3, 0.4) is 0 Å². The van der Waals surface area contributed by atoms with Crippen LogP contribution in [0.4, 0.5) is 11.4 Å². The number of sulfone groups is 1. The van der Waals surface area contributed by atoms with Crippen LogP contribution >= 0.6 is 0 Å². The summed E-state index contributed by atoms with van der Waals surface area (Å²) >= 11 is 0. The number of pyridine rings is 2. The number of carbonyl (C=O) groups excluding carboxylic acids is 1. The van der Waals surface area contributed by atoms with Crippen molar-refractivity contribution in [1.29, 1.82) is 0 Å². The number of fused-ring (bicyclic) bond motifs is 2. The molecular formula is C42H37N5O7S. The molecule has 13 heteroatoms. The van der Waals surface area contributed by atoms with Crippen molar-refractivity contribution in [1.82, 2.24) is 15.3 Å². The molecular weight excluding hydrogens is 719 g/mol. The fraction of sp³-hybridized carbons (Fsp3) is 0.119. The first-order valence-corrected chi connectivity index (χ1v) is 18.7. The van der Waals surface area contributed by atoms with E-state index in [1.165, 1.54) is 24.4 Å². The molecule has 1 atom stereocenters. The lowest BCUT2D eigenvalue weighted by atomic mass is 10.0. The highest BCUT2D eigenvalue weighted by molar-refractivity contribution is 7.91. The van der Waals surface area contributed by atoms with Crippen LogP contribution < -0.4 is 26.7 Å². The molecule has 0 spiro atoms. The van der Waals surface area contributed by atoms with E-state index >= 15 is 0 Å². The monoisotopic (exact) mass is 755 g/mol. The van der Waals surface area contributed by atoms with Crippen molar-refractivity contribution in [2.75, 3.05) is 19.0 Å². The Morgan fingerprint density at radius 1 is 0.909 bits per heavy atom. The van der Waals surface area contributed by atoms with Crippen LogP contribution in [0, 0.1) is 6.92 Å². The molecule has 0 radical (unpaired) electrons. The lowest BCUT2D eigenvalue weighted by Crippen LogP contribution is -2.21. The Morgan fingerprint density at radius 2 is 1.69 bits per heavy atom. The smallest absolute Gasteiger partial charge is 0.252 e. The number of rotatable bonds is 12. The van der Waals surface area contributed by atoms with Crippen molar-refractivity contribution in [3.05, 3.63) is 148 Å². The van der Waals surface area contributed by atoms with Gasteiger partial charge in [0.15, 0.2) is 0 Å². The Balaban J connectivity index is 1.11. The maximum atomic E-state index is 14.2. The minimum atomic E-state index is -4.04. The highest BCUT2D eigenvalue weighted by Gasteiger charge is 2.23. The van der Waals surface area contributed by atoms with Crippen molar-refractivity contribution < 1.29 is 28.2 Å². The van der Waals surface area contributed by atoms with Gasteiger partial charge in [0.05, 0.1) is 45.3 Å². The van der Waals surface area contributed by atoms with E-state index in [9.17, 15) is 28.2 Å². The van der Waals surface area contributed by atoms with Crippen LogP contribution in [-0.4, -0.2) is 48.2 Å². The number of aromatic nitrogens is 2.